The summed E-state index contributed by atoms with van der Waals surface area (Å²) in [4.78, 5) is 14.1. The number of non-ortho nitro benzene ring substituents is 1. The van der Waals surface area contributed by atoms with E-state index in [-0.39, 0.29) is 12.3 Å². The Balaban J connectivity index is 2.08. The van der Waals surface area contributed by atoms with E-state index >= 15 is 0 Å². The number of quaternary nitrogens is 1. The Bertz CT molecular complexity index is 543. The first-order valence-corrected chi connectivity index (χ1v) is 8.73. The van der Waals surface area contributed by atoms with Gasteiger partial charge in [0, 0.05) is 19.2 Å². The van der Waals surface area contributed by atoms with E-state index in [0.717, 1.165) is 44.7 Å². The van der Waals surface area contributed by atoms with Crippen LogP contribution in [0.15, 0.2) is 18.2 Å². The number of ether oxygens (including phenoxy) is 1. The normalized spacial score (nSPS) is 15.8. The number of likely N-dealkylation sites (N-methyl/N-ethyl adjacent to an activating group) is 1. The van der Waals surface area contributed by atoms with Crippen LogP contribution in [0.3, 0.4) is 0 Å². The summed E-state index contributed by atoms with van der Waals surface area (Å²) < 4.78 is 5.78. The Kier molecular flexibility index (Phi) is 6.81. The Labute approximate surface area is 143 Å². The van der Waals surface area contributed by atoms with E-state index in [0.29, 0.717) is 12.3 Å². The van der Waals surface area contributed by atoms with Gasteiger partial charge in [-0.1, -0.05) is 0 Å². The SMILES string of the molecule is CC[NH+](CC)C[C@@H](O)COc1cc([N+](=O)[O-])ccc1N1CCCC1. The van der Waals surface area contributed by atoms with Crippen LogP contribution in [0.1, 0.15) is 26.7 Å². The summed E-state index contributed by atoms with van der Waals surface area (Å²) in [7, 11) is 0. The molecule has 134 valence electrons. The number of aliphatic hydroxyl groups excluding tert-OH is 1. The molecule has 24 heavy (non-hydrogen) atoms. The van der Waals surface area contributed by atoms with Crippen LogP contribution in [0.25, 0.3) is 0 Å². The minimum atomic E-state index is -0.592. The highest BCUT2D eigenvalue weighted by Crippen LogP contribution is 2.34. The van der Waals surface area contributed by atoms with E-state index in [9.17, 15) is 15.2 Å². The Morgan fingerprint density at radius 1 is 1.33 bits per heavy atom. The van der Waals surface area contributed by atoms with E-state index in [4.69, 9.17) is 4.74 Å². The molecule has 0 aliphatic carbocycles. The summed E-state index contributed by atoms with van der Waals surface area (Å²) in [5.41, 5.74) is 0.886. The topological polar surface area (TPSA) is 80.3 Å². The number of rotatable bonds is 9. The van der Waals surface area contributed by atoms with Gasteiger partial charge in [0.05, 0.1) is 29.8 Å². The molecule has 0 unspecified atom stereocenters. The summed E-state index contributed by atoms with van der Waals surface area (Å²) in [5.74, 6) is 0.486. The van der Waals surface area contributed by atoms with Crippen molar-refractivity contribution in [3.63, 3.8) is 0 Å². The highest BCUT2D eigenvalue weighted by Gasteiger charge is 2.21. The molecule has 1 aromatic rings. The molecule has 7 nitrogen and oxygen atoms in total. The molecule has 1 aromatic carbocycles. The number of hydrogen-bond donors (Lipinski definition) is 2. The van der Waals surface area contributed by atoms with E-state index in [1.165, 1.54) is 17.0 Å². The Hall–Kier alpha value is -1.86. The molecule has 1 atom stereocenters. The second kappa shape index (κ2) is 8.84. The molecule has 1 saturated heterocycles. The van der Waals surface area contributed by atoms with Crippen LogP contribution in [-0.4, -0.2) is 55.5 Å². The van der Waals surface area contributed by atoms with E-state index in [2.05, 4.69) is 18.7 Å². The van der Waals surface area contributed by atoms with Crippen LogP contribution in [0.2, 0.25) is 0 Å². The maximum atomic E-state index is 11.0. The molecular weight excluding hydrogens is 310 g/mol. The van der Waals surface area contributed by atoms with Crippen LogP contribution >= 0.6 is 0 Å². The molecule has 0 aromatic heterocycles. The quantitative estimate of drug-likeness (QED) is 0.516. The molecule has 0 bridgehead atoms. The maximum Gasteiger partial charge on any atom is 0.273 e. The van der Waals surface area contributed by atoms with Crippen LogP contribution in [-0.2, 0) is 0 Å². The first-order valence-electron chi connectivity index (χ1n) is 8.73. The van der Waals surface area contributed by atoms with E-state index in [1.54, 1.807) is 6.07 Å². The lowest BCUT2D eigenvalue weighted by Crippen LogP contribution is -3.12. The molecular formula is C17H28N3O4+. The maximum absolute atomic E-state index is 11.0. The summed E-state index contributed by atoms with van der Waals surface area (Å²) in [6, 6.07) is 4.72. The van der Waals surface area contributed by atoms with Gasteiger partial charge in [-0.2, -0.15) is 0 Å². The Morgan fingerprint density at radius 2 is 2.00 bits per heavy atom. The second-order valence-corrected chi connectivity index (χ2v) is 6.23. The highest BCUT2D eigenvalue weighted by atomic mass is 16.6. The lowest BCUT2D eigenvalue weighted by atomic mass is 10.2. The van der Waals surface area contributed by atoms with Crippen LogP contribution in [0, 0.1) is 10.1 Å². The lowest BCUT2D eigenvalue weighted by molar-refractivity contribution is -0.899. The third kappa shape index (κ3) is 4.82. The molecule has 1 aliphatic heterocycles. The van der Waals surface area contributed by atoms with Gasteiger partial charge in [0.1, 0.15) is 25.0 Å². The van der Waals surface area contributed by atoms with Gasteiger partial charge in [-0.15, -0.1) is 0 Å². The molecule has 2 N–H and O–H groups in total. The van der Waals surface area contributed by atoms with Crippen molar-refractivity contribution in [1.29, 1.82) is 0 Å². The van der Waals surface area contributed by atoms with Crippen molar-refractivity contribution in [1.82, 2.24) is 0 Å². The number of aliphatic hydroxyl groups is 1. The number of nitro benzene ring substituents is 1. The molecule has 2 rings (SSSR count). The molecule has 1 fully saturated rings. The summed E-state index contributed by atoms with van der Waals surface area (Å²) in [6.07, 6.45) is 1.64. The summed E-state index contributed by atoms with van der Waals surface area (Å²) in [5, 5.41) is 21.2. The fraction of sp³-hybridized carbons (Fsp3) is 0.647. The van der Waals surface area contributed by atoms with Gasteiger partial charge in [-0.25, -0.2) is 0 Å². The number of hydrogen-bond acceptors (Lipinski definition) is 5. The fourth-order valence-corrected chi connectivity index (χ4v) is 3.07. The predicted octanol–water partition coefficient (Wildman–Crippen LogP) is 0.859. The molecule has 0 saturated carbocycles. The molecule has 0 radical (unpaired) electrons. The van der Waals surface area contributed by atoms with Crippen molar-refractivity contribution in [3.8, 4) is 5.75 Å². The first-order chi connectivity index (χ1) is 11.5. The van der Waals surface area contributed by atoms with Crippen molar-refractivity contribution in [2.75, 3.05) is 44.2 Å². The zero-order valence-electron chi connectivity index (χ0n) is 14.5. The standard InChI is InChI=1S/C17H27N3O4/c1-3-18(4-2)12-15(21)13-24-17-11-14(20(22)23)7-8-16(17)19-9-5-6-10-19/h7-8,11,15,21H,3-6,9-10,12-13H2,1-2H3/p+1/t15-/m1/s1. The fourth-order valence-electron chi connectivity index (χ4n) is 3.07. The first kappa shape index (κ1) is 18.5. The van der Waals surface area contributed by atoms with Gasteiger partial charge in [0.15, 0.2) is 0 Å². The molecule has 1 aliphatic rings. The Morgan fingerprint density at radius 3 is 2.58 bits per heavy atom. The number of benzene rings is 1. The van der Waals surface area contributed by atoms with E-state index < -0.39 is 11.0 Å². The van der Waals surface area contributed by atoms with Crippen molar-refractivity contribution in [2.45, 2.75) is 32.8 Å². The van der Waals surface area contributed by atoms with E-state index in [1.807, 2.05) is 0 Å². The van der Waals surface area contributed by atoms with Crippen LogP contribution < -0.4 is 14.5 Å². The zero-order valence-corrected chi connectivity index (χ0v) is 14.5. The number of nitrogens with one attached hydrogen (secondary N) is 1. The van der Waals surface area contributed by atoms with Crippen molar-refractivity contribution < 1.29 is 19.7 Å². The van der Waals surface area contributed by atoms with Crippen LogP contribution in [0.4, 0.5) is 11.4 Å². The average molecular weight is 338 g/mol. The smallest absolute Gasteiger partial charge is 0.273 e. The second-order valence-electron chi connectivity index (χ2n) is 6.23. The third-order valence-electron chi connectivity index (χ3n) is 4.56. The largest absolute Gasteiger partial charge is 0.488 e. The van der Waals surface area contributed by atoms with Gasteiger partial charge in [0.25, 0.3) is 5.69 Å². The molecule has 0 spiro atoms. The lowest BCUT2D eigenvalue weighted by Gasteiger charge is -2.23. The third-order valence-corrected chi connectivity index (χ3v) is 4.56. The van der Waals surface area contributed by atoms with Gasteiger partial charge in [0.2, 0.25) is 0 Å². The van der Waals surface area contributed by atoms with Crippen molar-refractivity contribution in [3.05, 3.63) is 28.3 Å². The van der Waals surface area contributed by atoms with Gasteiger partial charge >= 0.3 is 0 Å². The van der Waals surface area contributed by atoms with Crippen LogP contribution in [0.5, 0.6) is 5.75 Å². The number of nitro groups is 1. The van der Waals surface area contributed by atoms with Gasteiger partial charge in [-0.3, -0.25) is 10.1 Å². The molecule has 1 heterocycles. The minimum absolute atomic E-state index is 0.0109. The minimum Gasteiger partial charge on any atom is -0.488 e. The van der Waals surface area contributed by atoms with Gasteiger partial charge < -0.3 is 19.6 Å². The van der Waals surface area contributed by atoms with Crippen molar-refractivity contribution >= 4 is 11.4 Å². The molecule has 0 amide bonds. The molecule has 7 heteroatoms. The summed E-state index contributed by atoms with van der Waals surface area (Å²) in [6.45, 7) is 8.68. The summed E-state index contributed by atoms with van der Waals surface area (Å²) >= 11 is 0. The number of anilines is 1. The average Bonchev–Trinajstić information content (AvgIpc) is 3.11. The monoisotopic (exact) mass is 338 g/mol. The number of nitrogens with zero attached hydrogens (tertiary/aromatic N) is 2. The highest BCUT2D eigenvalue weighted by molar-refractivity contribution is 5.62. The van der Waals surface area contributed by atoms with Crippen molar-refractivity contribution in [2.24, 2.45) is 0 Å². The predicted molar refractivity (Wildman–Crippen MR) is 93.0 cm³/mol. The van der Waals surface area contributed by atoms with Gasteiger partial charge in [-0.05, 0) is 32.8 Å². The zero-order chi connectivity index (χ0) is 17.5.